The van der Waals surface area contributed by atoms with E-state index in [2.05, 4.69) is 11.9 Å². The van der Waals surface area contributed by atoms with E-state index in [9.17, 15) is 14.4 Å². The fourth-order valence-electron chi connectivity index (χ4n) is 2.13. The second-order valence-electron chi connectivity index (χ2n) is 4.37. The van der Waals surface area contributed by atoms with Crippen LogP contribution in [-0.2, 0) is 9.59 Å². The molecule has 1 rings (SSSR count). The van der Waals surface area contributed by atoms with Crippen LogP contribution in [0.25, 0.3) is 0 Å². The largest absolute Gasteiger partial charge is 0.330 e. The van der Waals surface area contributed by atoms with Crippen molar-refractivity contribution in [3.05, 3.63) is 12.7 Å². The first-order valence-corrected chi connectivity index (χ1v) is 7.55. The van der Waals surface area contributed by atoms with Gasteiger partial charge in [-0.05, 0) is 12.8 Å². The predicted octanol–water partition coefficient (Wildman–Crippen LogP) is 1.79. The molecule has 1 heterocycles. The van der Waals surface area contributed by atoms with Gasteiger partial charge in [0.25, 0.3) is 0 Å². The van der Waals surface area contributed by atoms with Gasteiger partial charge in [-0.3, -0.25) is 19.8 Å². The van der Waals surface area contributed by atoms with Gasteiger partial charge in [-0.15, -0.1) is 6.58 Å². The average Bonchev–Trinajstić information content (AvgIpc) is 2.39. The minimum Gasteiger partial charge on any atom is -0.277 e. The van der Waals surface area contributed by atoms with Gasteiger partial charge in [0.1, 0.15) is 5.41 Å². The Morgan fingerprint density at radius 3 is 2.47 bits per heavy atom. The number of nitrogens with one attached hydrogen (secondary N) is 1. The van der Waals surface area contributed by atoms with E-state index >= 15 is 0 Å². The van der Waals surface area contributed by atoms with Gasteiger partial charge in [-0.1, -0.05) is 19.9 Å². The number of hydrogen-bond acceptors (Lipinski definition) is 4. The SMILES string of the molecule is C=CCSCCN1C(=O)NC(=O)C(CC)(CC)C1=O. The third-order valence-electron chi connectivity index (χ3n) is 3.46. The van der Waals surface area contributed by atoms with Crippen LogP contribution >= 0.6 is 11.8 Å². The van der Waals surface area contributed by atoms with Gasteiger partial charge >= 0.3 is 6.03 Å². The molecule has 0 bridgehead atoms. The third kappa shape index (κ3) is 3.00. The van der Waals surface area contributed by atoms with Crippen LogP contribution in [0.15, 0.2) is 12.7 Å². The predicted molar refractivity (Wildman–Crippen MR) is 75.8 cm³/mol. The van der Waals surface area contributed by atoms with Crippen molar-refractivity contribution in [1.29, 1.82) is 0 Å². The number of imide groups is 2. The zero-order valence-electron chi connectivity index (χ0n) is 11.4. The number of nitrogens with zero attached hydrogens (tertiary/aromatic N) is 1. The molecule has 0 aliphatic carbocycles. The van der Waals surface area contributed by atoms with E-state index in [0.29, 0.717) is 25.1 Å². The fraction of sp³-hybridized carbons (Fsp3) is 0.615. The first-order valence-electron chi connectivity index (χ1n) is 6.39. The lowest BCUT2D eigenvalue weighted by atomic mass is 9.78. The molecule has 1 saturated heterocycles. The topological polar surface area (TPSA) is 66.5 Å². The number of thioether (sulfide) groups is 1. The van der Waals surface area contributed by atoms with Crippen molar-refractivity contribution >= 4 is 29.6 Å². The van der Waals surface area contributed by atoms with Crippen LogP contribution in [0, 0.1) is 5.41 Å². The van der Waals surface area contributed by atoms with Crippen LogP contribution in [0.4, 0.5) is 4.79 Å². The molecule has 1 aliphatic rings. The molecule has 1 N–H and O–H groups in total. The van der Waals surface area contributed by atoms with Gasteiger partial charge in [-0.25, -0.2) is 4.79 Å². The van der Waals surface area contributed by atoms with Crippen LogP contribution in [0.3, 0.4) is 0 Å². The molecule has 1 aliphatic heterocycles. The van der Waals surface area contributed by atoms with Gasteiger partial charge in [0.05, 0.1) is 0 Å². The maximum Gasteiger partial charge on any atom is 0.330 e. The first kappa shape index (κ1) is 15.8. The molecule has 0 unspecified atom stereocenters. The number of rotatable bonds is 7. The standard InChI is InChI=1S/C13H20N2O3S/c1-4-8-19-9-7-15-11(17)13(5-2,6-3)10(16)14-12(15)18/h4H,1,5-9H2,2-3H3,(H,14,16,18). The molecular weight excluding hydrogens is 264 g/mol. The molecule has 4 amide bonds. The summed E-state index contributed by atoms with van der Waals surface area (Å²) in [4.78, 5) is 37.2. The fourth-order valence-corrected chi connectivity index (χ4v) is 2.78. The smallest absolute Gasteiger partial charge is 0.277 e. The van der Waals surface area contributed by atoms with Crippen LogP contribution in [0.1, 0.15) is 26.7 Å². The van der Waals surface area contributed by atoms with Gasteiger partial charge in [0, 0.05) is 18.1 Å². The molecule has 0 aromatic heterocycles. The van der Waals surface area contributed by atoms with Gasteiger partial charge in [-0.2, -0.15) is 11.8 Å². The highest BCUT2D eigenvalue weighted by atomic mass is 32.2. The summed E-state index contributed by atoms with van der Waals surface area (Å²) in [7, 11) is 0. The van der Waals surface area contributed by atoms with Crippen LogP contribution in [0.2, 0.25) is 0 Å². The molecule has 0 spiro atoms. The second-order valence-corrected chi connectivity index (χ2v) is 5.52. The Labute approximate surface area is 117 Å². The maximum absolute atomic E-state index is 12.4. The Kier molecular flexibility index (Phi) is 5.60. The number of amides is 4. The maximum atomic E-state index is 12.4. The van der Waals surface area contributed by atoms with Crippen molar-refractivity contribution in [2.45, 2.75) is 26.7 Å². The summed E-state index contributed by atoms with van der Waals surface area (Å²) in [6.07, 6.45) is 2.57. The van der Waals surface area contributed by atoms with E-state index in [4.69, 9.17) is 0 Å². The Morgan fingerprint density at radius 2 is 1.95 bits per heavy atom. The summed E-state index contributed by atoms with van der Waals surface area (Å²) < 4.78 is 0. The quantitative estimate of drug-likeness (QED) is 0.440. The Balaban J connectivity index is 2.80. The minimum absolute atomic E-state index is 0.318. The number of urea groups is 1. The molecule has 0 aromatic carbocycles. The van der Waals surface area contributed by atoms with Crippen LogP contribution in [0.5, 0.6) is 0 Å². The van der Waals surface area contributed by atoms with Crippen molar-refractivity contribution in [2.24, 2.45) is 5.41 Å². The van der Waals surface area contributed by atoms with E-state index in [-0.39, 0.29) is 5.91 Å². The lowest BCUT2D eigenvalue weighted by Crippen LogP contribution is -2.63. The number of hydrogen-bond donors (Lipinski definition) is 1. The second kappa shape index (κ2) is 6.75. The highest BCUT2D eigenvalue weighted by molar-refractivity contribution is 7.99. The summed E-state index contributed by atoms with van der Waals surface area (Å²) in [5.74, 6) is 0.575. The highest BCUT2D eigenvalue weighted by Gasteiger charge is 2.51. The van der Waals surface area contributed by atoms with Crippen LogP contribution in [-0.4, -0.2) is 40.8 Å². The van der Waals surface area contributed by atoms with Crippen molar-refractivity contribution in [3.8, 4) is 0 Å². The zero-order valence-corrected chi connectivity index (χ0v) is 12.2. The number of carbonyl (C=O) groups excluding carboxylic acids is 3. The molecule has 106 valence electrons. The van der Waals surface area contributed by atoms with Crippen LogP contribution < -0.4 is 5.32 Å². The Bertz CT molecular complexity index is 391. The van der Waals surface area contributed by atoms with Crippen molar-refractivity contribution in [2.75, 3.05) is 18.1 Å². The van der Waals surface area contributed by atoms with E-state index in [1.807, 2.05) is 0 Å². The third-order valence-corrected chi connectivity index (χ3v) is 4.40. The lowest BCUT2D eigenvalue weighted by molar-refractivity contribution is -0.151. The number of barbiturate groups is 1. The molecule has 0 aromatic rings. The average molecular weight is 284 g/mol. The van der Waals surface area contributed by atoms with Gasteiger partial charge in [0.2, 0.25) is 11.8 Å². The molecule has 0 atom stereocenters. The highest BCUT2D eigenvalue weighted by Crippen LogP contribution is 2.32. The molecular formula is C13H20N2O3S. The number of carbonyl (C=O) groups is 3. The van der Waals surface area contributed by atoms with E-state index in [1.54, 1.807) is 31.7 Å². The Hall–Kier alpha value is -1.30. The van der Waals surface area contributed by atoms with E-state index < -0.39 is 17.4 Å². The molecule has 0 saturated carbocycles. The van der Waals surface area contributed by atoms with Crippen molar-refractivity contribution in [1.82, 2.24) is 10.2 Å². The van der Waals surface area contributed by atoms with Gasteiger partial charge < -0.3 is 0 Å². The molecule has 5 nitrogen and oxygen atoms in total. The monoisotopic (exact) mass is 284 g/mol. The summed E-state index contributed by atoms with van der Waals surface area (Å²) in [6, 6.07) is -0.605. The summed E-state index contributed by atoms with van der Waals surface area (Å²) in [5, 5.41) is 2.29. The normalized spacial score (nSPS) is 18.4. The molecule has 6 heteroatoms. The first-order chi connectivity index (χ1) is 9.03. The molecule has 0 radical (unpaired) electrons. The minimum atomic E-state index is -1.09. The van der Waals surface area contributed by atoms with E-state index in [0.717, 1.165) is 10.7 Å². The summed E-state index contributed by atoms with van der Waals surface area (Å²) >= 11 is 1.59. The summed E-state index contributed by atoms with van der Waals surface area (Å²) in [6.45, 7) is 7.51. The van der Waals surface area contributed by atoms with Crippen molar-refractivity contribution < 1.29 is 14.4 Å². The van der Waals surface area contributed by atoms with E-state index in [1.165, 1.54) is 0 Å². The lowest BCUT2D eigenvalue weighted by Gasteiger charge is -2.38. The molecule has 1 fully saturated rings. The van der Waals surface area contributed by atoms with Gasteiger partial charge in [0.15, 0.2) is 0 Å². The molecule has 19 heavy (non-hydrogen) atoms. The summed E-state index contributed by atoms with van der Waals surface area (Å²) in [5.41, 5.74) is -1.09. The van der Waals surface area contributed by atoms with Crippen molar-refractivity contribution in [3.63, 3.8) is 0 Å². The Morgan fingerprint density at radius 1 is 1.32 bits per heavy atom. The zero-order chi connectivity index (χ0) is 14.5.